The Balaban J connectivity index is 1.46. The minimum atomic E-state index is -0.833. The molecular weight excluding hydrogens is 416 g/mol. The predicted octanol–water partition coefficient (Wildman–Crippen LogP) is 3.20. The number of carbonyl (C=O) groups is 1. The molecule has 172 valence electrons. The van der Waals surface area contributed by atoms with Crippen LogP contribution in [-0.2, 0) is 38.8 Å². The highest BCUT2D eigenvalue weighted by Crippen LogP contribution is 2.21. The summed E-state index contributed by atoms with van der Waals surface area (Å²) in [4.78, 5) is 12.7. The quantitative estimate of drug-likeness (QED) is 0.500. The van der Waals surface area contributed by atoms with Crippen molar-refractivity contribution in [3.05, 3.63) is 108 Å². The van der Waals surface area contributed by atoms with Crippen LogP contribution in [0, 0.1) is 0 Å². The van der Waals surface area contributed by atoms with Gasteiger partial charge in [0, 0.05) is 0 Å². The predicted molar refractivity (Wildman–Crippen MR) is 126 cm³/mol. The molecule has 1 saturated heterocycles. The Morgan fingerprint density at radius 3 is 1.64 bits per heavy atom. The molecule has 3 aromatic carbocycles. The Morgan fingerprint density at radius 1 is 0.667 bits per heavy atom. The molecule has 0 bridgehead atoms. The van der Waals surface area contributed by atoms with Gasteiger partial charge in [-0.3, -0.25) is 4.79 Å². The van der Waals surface area contributed by atoms with E-state index in [1.165, 1.54) is 0 Å². The summed E-state index contributed by atoms with van der Waals surface area (Å²) in [6, 6.07) is 28.4. The van der Waals surface area contributed by atoms with Crippen LogP contribution in [0.25, 0.3) is 0 Å². The number of nitrogens with two attached hydrogens (primary N) is 1. The summed E-state index contributed by atoms with van der Waals surface area (Å²) in [6.45, 7) is 1.46. The summed E-state index contributed by atoms with van der Waals surface area (Å²) in [5.41, 5.74) is 9.38. The van der Waals surface area contributed by atoms with Crippen molar-refractivity contribution in [3.63, 3.8) is 0 Å². The maximum atomic E-state index is 12.7. The van der Waals surface area contributed by atoms with E-state index >= 15 is 0 Å². The molecule has 0 spiro atoms. The lowest BCUT2D eigenvalue weighted by Gasteiger charge is -2.41. The largest absolute Gasteiger partial charge is 0.375 e. The average molecular weight is 447 g/mol. The van der Waals surface area contributed by atoms with Crippen molar-refractivity contribution in [2.45, 2.75) is 44.1 Å². The topological polar surface area (TPSA) is 82.8 Å². The molecule has 0 radical (unpaired) electrons. The molecule has 4 atom stereocenters. The van der Waals surface area contributed by atoms with Crippen LogP contribution in [0.2, 0.25) is 0 Å². The highest BCUT2D eigenvalue weighted by molar-refractivity contribution is 5.83. The summed E-state index contributed by atoms with van der Waals surface area (Å²) >= 11 is 0. The Kier molecular flexibility index (Phi) is 8.22. The Labute approximate surface area is 194 Å². The van der Waals surface area contributed by atoms with Crippen LogP contribution in [0.1, 0.15) is 16.7 Å². The van der Waals surface area contributed by atoms with Crippen LogP contribution in [0.4, 0.5) is 0 Å². The van der Waals surface area contributed by atoms with Crippen molar-refractivity contribution < 1.29 is 19.0 Å². The molecule has 0 aliphatic carbocycles. The maximum Gasteiger partial charge on any atom is 0.240 e. The summed E-state index contributed by atoms with van der Waals surface area (Å²) in [5, 5.41) is 2.97. The molecule has 3 aromatic rings. The van der Waals surface area contributed by atoms with E-state index in [1.807, 2.05) is 91.0 Å². The zero-order valence-electron chi connectivity index (χ0n) is 18.5. The molecule has 1 amide bonds. The first-order valence-electron chi connectivity index (χ1n) is 11.2. The Morgan fingerprint density at radius 2 is 1.12 bits per heavy atom. The minimum Gasteiger partial charge on any atom is -0.375 e. The Bertz CT molecular complexity index is 985. The molecule has 0 unspecified atom stereocenters. The molecule has 4 rings (SSSR count). The van der Waals surface area contributed by atoms with Gasteiger partial charge in [-0.05, 0) is 16.7 Å². The number of ether oxygens (including phenoxy) is 3. The van der Waals surface area contributed by atoms with Crippen molar-refractivity contribution in [1.29, 1.82) is 0 Å². The number of hydrogen-bond donors (Lipinski definition) is 2. The standard InChI is InChI=1S/C27H30N2O4/c28-24-26(33-18-22-14-8-3-9-15-22)25(32-17-21-12-6-2-7-13-21)23(29-27(24)30)19-31-16-20-10-4-1-5-11-20/h1-15,23-26H,16-19,28H2,(H,29,30)/t23-,24-,25-,26-/m1/s1. The number of piperidine rings is 1. The summed E-state index contributed by atoms with van der Waals surface area (Å²) in [6.07, 6.45) is -1.06. The van der Waals surface area contributed by atoms with E-state index in [4.69, 9.17) is 19.9 Å². The first kappa shape index (κ1) is 23.1. The lowest BCUT2D eigenvalue weighted by atomic mass is 9.93. The molecule has 33 heavy (non-hydrogen) atoms. The normalized spacial score (nSPS) is 22.6. The van der Waals surface area contributed by atoms with Gasteiger partial charge in [0.05, 0.1) is 32.5 Å². The fourth-order valence-electron chi connectivity index (χ4n) is 3.90. The number of benzene rings is 3. The van der Waals surface area contributed by atoms with Crippen LogP contribution >= 0.6 is 0 Å². The lowest BCUT2D eigenvalue weighted by molar-refractivity contribution is -0.157. The van der Waals surface area contributed by atoms with E-state index in [2.05, 4.69) is 5.32 Å². The molecule has 1 aliphatic heterocycles. The average Bonchev–Trinajstić information content (AvgIpc) is 2.86. The molecule has 6 nitrogen and oxygen atoms in total. The number of amides is 1. The van der Waals surface area contributed by atoms with E-state index in [0.29, 0.717) is 19.8 Å². The van der Waals surface area contributed by atoms with Crippen LogP contribution in [0.5, 0.6) is 0 Å². The molecule has 0 aromatic heterocycles. The van der Waals surface area contributed by atoms with E-state index in [9.17, 15) is 4.79 Å². The third kappa shape index (κ3) is 6.49. The first-order valence-corrected chi connectivity index (χ1v) is 11.2. The molecule has 1 fully saturated rings. The van der Waals surface area contributed by atoms with E-state index in [1.54, 1.807) is 0 Å². The number of nitrogens with one attached hydrogen (secondary N) is 1. The van der Waals surface area contributed by atoms with Crippen molar-refractivity contribution in [2.75, 3.05) is 6.61 Å². The van der Waals surface area contributed by atoms with Crippen LogP contribution in [-0.4, -0.2) is 36.8 Å². The number of carbonyl (C=O) groups excluding carboxylic acids is 1. The van der Waals surface area contributed by atoms with E-state index < -0.39 is 18.2 Å². The Hall–Kier alpha value is -3.03. The number of rotatable bonds is 10. The molecule has 1 heterocycles. The van der Waals surface area contributed by atoms with Crippen LogP contribution in [0.3, 0.4) is 0 Å². The molecular formula is C27H30N2O4. The van der Waals surface area contributed by atoms with Gasteiger partial charge >= 0.3 is 0 Å². The monoisotopic (exact) mass is 446 g/mol. The van der Waals surface area contributed by atoms with Gasteiger partial charge < -0.3 is 25.3 Å². The second-order valence-corrected chi connectivity index (χ2v) is 8.16. The van der Waals surface area contributed by atoms with Gasteiger partial charge in [0.25, 0.3) is 0 Å². The van der Waals surface area contributed by atoms with Crippen molar-refractivity contribution in [1.82, 2.24) is 5.32 Å². The molecule has 6 heteroatoms. The second-order valence-electron chi connectivity index (χ2n) is 8.16. The van der Waals surface area contributed by atoms with E-state index in [-0.39, 0.29) is 18.6 Å². The summed E-state index contributed by atoms with van der Waals surface area (Å²) in [5.74, 6) is -0.263. The highest BCUT2D eigenvalue weighted by atomic mass is 16.5. The third-order valence-corrected chi connectivity index (χ3v) is 5.68. The maximum absolute atomic E-state index is 12.7. The SMILES string of the molecule is N[C@H]1C(=O)N[C@H](COCc2ccccc2)[C@@H](OCc2ccccc2)[C@@H]1OCc1ccccc1. The van der Waals surface area contributed by atoms with Crippen molar-refractivity contribution in [3.8, 4) is 0 Å². The fourth-order valence-corrected chi connectivity index (χ4v) is 3.90. The summed E-state index contributed by atoms with van der Waals surface area (Å²) in [7, 11) is 0. The van der Waals surface area contributed by atoms with Crippen LogP contribution in [0.15, 0.2) is 91.0 Å². The zero-order chi connectivity index (χ0) is 22.9. The van der Waals surface area contributed by atoms with Gasteiger partial charge in [-0.15, -0.1) is 0 Å². The lowest BCUT2D eigenvalue weighted by Crippen LogP contribution is -2.68. The van der Waals surface area contributed by atoms with Gasteiger partial charge in [-0.2, -0.15) is 0 Å². The third-order valence-electron chi connectivity index (χ3n) is 5.68. The van der Waals surface area contributed by atoms with Gasteiger partial charge in [0.15, 0.2) is 0 Å². The fraction of sp³-hybridized carbons (Fsp3) is 0.296. The zero-order valence-corrected chi connectivity index (χ0v) is 18.5. The molecule has 0 saturated carbocycles. The van der Waals surface area contributed by atoms with Gasteiger partial charge in [0.2, 0.25) is 5.91 Å². The smallest absolute Gasteiger partial charge is 0.240 e. The van der Waals surface area contributed by atoms with Crippen molar-refractivity contribution in [2.24, 2.45) is 5.73 Å². The first-order chi connectivity index (χ1) is 16.2. The molecule has 1 aliphatic rings. The minimum absolute atomic E-state index is 0.263. The van der Waals surface area contributed by atoms with Gasteiger partial charge in [0.1, 0.15) is 18.2 Å². The molecule has 3 N–H and O–H groups in total. The van der Waals surface area contributed by atoms with Gasteiger partial charge in [-0.1, -0.05) is 91.0 Å². The highest BCUT2D eigenvalue weighted by Gasteiger charge is 2.44. The number of hydrogen-bond acceptors (Lipinski definition) is 5. The van der Waals surface area contributed by atoms with Gasteiger partial charge in [-0.25, -0.2) is 0 Å². The van der Waals surface area contributed by atoms with E-state index in [0.717, 1.165) is 16.7 Å². The van der Waals surface area contributed by atoms with Crippen LogP contribution < -0.4 is 11.1 Å². The van der Waals surface area contributed by atoms with Crippen molar-refractivity contribution >= 4 is 5.91 Å². The second kappa shape index (κ2) is 11.7. The summed E-state index contributed by atoms with van der Waals surface area (Å²) < 4.78 is 18.4.